The lowest BCUT2D eigenvalue weighted by atomic mass is 10.1. The number of rotatable bonds is 3. The fourth-order valence-corrected chi connectivity index (χ4v) is 1.69. The minimum Gasteiger partial charge on any atom is -0.495 e. The van der Waals surface area contributed by atoms with Gasteiger partial charge in [-0.3, -0.25) is 0 Å². The van der Waals surface area contributed by atoms with Crippen LogP contribution in [-0.2, 0) is 0 Å². The van der Waals surface area contributed by atoms with Gasteiger partial charge in [-0.05, 0) is 23.6 Å². The van der Waals surface area contributed by atoms with E-state index in [-0.39, 0.29) is 0 Å². The van der Waals surface area contributed by atoms with E-state index in [0.29, 0.717) is 17.2 Å². The van der Waals surface area contributed by atoms with E-state index in [4.69, 9.17) is 10.00 Å². The molecule has 0 N–H and O–H groups in total. The molecule has 0 bridgehead atoms. The Balaban J connectivity index is 2.42. The highest BCUT2D eigenvalue weighted by molar-refractivity contribution is 5.50. The molecule has 4 nitrogen and oxygen atoms in total. The standard InChI is InChI=1S/C14H15N3O/c1-10(2)12-8-16-17(9-12)13-5-4-11(7-15)14(6-13)18-3/h4-6,8-10H,1-3H3. The zero-order valence-corrected chi connectivity index (χ0v) is 10.7. The Bertz CT molecular complexity index is 593. The van der Waals surface area contributed by atoms with Crippen LogP contribution < -0.4 is 4.74 Å². The summed E-state index contributed by atoms with van der Waals surface area (Å²) in [5.74, 6) is 1.01. The monoisotopic (exact) mass is 241 g/mol. The number of nitrogens with zero attached hydrogens (tertiary/aromatic N) is 3. The molecule has 0 saturated heterocycles. The van der Waals surface area contributed by atoms with Crippen LogP contribution >= 0.6 is 0 Å². The Morgan fingerprint density at radius 2 is 2.17 bits per heavy atom. The highest BCUT2D eigenvalue weighted by atomic mass is 16.5. The molecule has 0 aliphatic carbocycles. The normalized spacial score (nSPS) is 10.4. The first kappa shape index (κ1) is 12.2. The van der Waals surface area contributed by atoms with Crippen LogP contribution in [0.25, 0.3) is 5.69 Å². The largest absolute Gasteiger partial charge is 0.495 e. The molecule has 0 amide bonds. The van der Waals surface area contributed by atoms with E-state index >= 15 is 0 Å². The van der Waals surface area contributed by atoms with Crippen molar-refractivity contribution in [2.75, 3.05) is 7.11 Å². The number of aromatic nitrogens is 2. The minimum atomic E-state index is 0.444. The summed E-state index contributed by atoms with van der Waals surface area (Å²) in [6.45, 7) is 4.25. The van der Waals surface area contributed by atoms with Gasteiger partial charge in [0, 0.05) is 12.3 Å². The Kier molecular flexibility index (Phi) is 3.33. The molecular formula is C14H15N3O. The van der Waals surface area contributed by atoms with Gasteiger partial charge in [-0.25, -0.2) is 4.68 Å². The fraction of sp³-hybridized carbons (Fsp3) is 0.286. The van der Waals surface area contributed by atoms with Crippen LogP contribution in [0.15, 0.2) is 30.6 Å². The second kappa shape index (κ2) is 4.92. The zero-order chi connectivity index (χ0) is 13.1. The molecule has 0 aliphatic rings. The second-order valence-electron chi connectivity index (χ2n) is 4.37. The molecule has 0 atom stereocenters. The van der Waals surface area contributed by atoms with Gasteiger partial charge in [-0.2, -0.15) is 10.4 Å². The Morgan fingerprint density at radius 3 is 2.72 bits per heavy atom. The first-order valence-corrected chi connectivity index (χ1v) is 5.78. The number of hydrogen-bond donors (Lipinski definition) is 0. The van der Waals surface area contributed by atoms with Crippen molar-refractivity contribution >= 4 is 0 Å². The van der Waals surface area contributed by atoms with E-state index in [0.717, 1.165) is 5.69 Å². The van der Waals surface area contributed by atoms with Crippen LogP contribution in [0.1, 0.15) is 30.9 Å². The number of nitriles is 1. The Labute approximate surface area is 106 Å². The van der Waals surface area contributed by atoms with Crippen LogP contribution in [0.2, 0.25) is 0 Å². The van der Waals surface area contributed by atoms with Gasteiger partial charge in [-0.15, -0.1) is 0 Å². The average Bonchev–Trinajstić information content (AvgIpc) is 2.87. The van der Waals surface area contributed by atoms with Crippen molar-refractivity contribution in [3.05, 3.63) is 41.7 Å². The molecule has 2 aromatic rings. The summed E-state index contributed by atoms with van der Waals surface area (Å²) in [5, 5.41) is 13.3. The highest BCUT2D eigenvalue weighted by Gasteiger charge is 2.07. The summed E-state index contributed by atoms with van der Waals surface area (Å²) in [6, 6.07) is 7.51. The third-order valence-corrected chi connectivity index (χ3v) is 2.84. The van der Waals surface area contributed by atoms with Crippen molar-refractivity contribution in [3.63, 3.8) is 0 Å². The van der Waals surface area contributed by atoms with E-state index in [1.165, 1.54) is 5.56 Å². The van der Waals surface area contributed by atoms with Crippen molar-refractivity contribution in [1.82, 2.24) is 9.78 Å². The number of hydrogen-bond acceptors (Lipinski definition) is 3. The van der Waals surface area contributed by atoms with Crippen LogP contribution in [0.5, 0.6) is 5.75 Å². The smallest absolute Gasteiger partial charge is 0.138 e. The summed E-state index contributed by atoms with van der Waals surface area (Å²) in [5.41, 5.74) is 2.59. The maximum atomic E-state index is 8.94. The number of benzene rings is 1. The molecular weight excluding hydrogens is 226 g/mol. The minimum absolute atomic E-state index is 0.444. The van der Waals surface area contributed by atoms with Gasteiger partial charge in [0.05, 0.1) is 24.6 Å². The summed E-state index contributed by atoms with van der Waals surface area (Å²) in [7, 11) is 1.56. The Morgan fingerprint density at radius 1 is 1.39 bits per heavy atom. The summed E-state index contributed by atoms with van der Waals surface area (Å²) in [6.07, 6.45) is 3.85. The van der Waals surface area contributed by atoms with Crippen molar-refractivity contribution in [3.8, 4) is 17.5 Å². The molecule has 18 heavy (non-hydrogen) atoms. The number of ether oxygens (including phenoxy) is 1. The first-order valence-electron chi connectivity index (χ1n) is 5.78. The average molecular weight is 241 g/mol. The van der Waals surface area contributed by atoms with Gasteiger partial charge in [0.25, 0.3) is 0 Å². The van der Waals surface area contributed by atoms with Crippen molar-refractivity contribution in [1.29, 1.82) is 5.26 Å². The molecule has 92 valence electrons. The predicted octanol–water partition coefficient (Wildman–Crippen LogP) is 2.88. The van der Waals surface area contributed by atoms with E-state index in [1.54, 1.807) is 17.9 Å². The molecule has 0 fully saturated rings. The predicted molar refractivity (Wildman–Crippen MR) is 68.9 cm³/mol. The van der Waals surface area contributed by atoms with Gasteiger partial charge >= 0.3 is 0 Å². The maximum absolute atomic E-state index is 8.94. The molecule has 4 heteroatoms. The molecule has 0 aliphatic heterocycles. The summed E-state index contributed by atoms with van der Waals surface area (Å²) >= 11 is 0. The van der Waals surface area contributed by atoms with Gasteiger partial charge < -0.3 is 4.74 Å². The van der Waals surface area contributed by atoms with Crippen LogP contribution in [0.3, 0.4) is 0 Å². The van der Waals surface area contributed by atoms with Crippen molar-refractivity contribution in [2.24, 2.45) is 0 Å². The van der Waals surface area contributed by atoms with Gasteiger partial charge in [-0.1, -0.05) is 13.8 Å². The molecule has 0 saturated carbocycles. The molecule has 1 aromatic heterocycles. The van der Waals surface area contributed by atoms with Crippen LogP contribution in [-0.4, -0.2) is 16.9 Å². The van der Waals surface area contributed by atoms with Crippen LogP contribution in [0, 0.1) is 11.3 Å². The molecule has 0 spiro atoms. The molecule has 1 aromatic carbocycles. The maximum Gasteiger partial charge on any atom is 0.138 e. The lowest BCUT2D eigenvalue weighted by molar-refractivity contribution is 0.413. The van der Waals surface area contributed by atoms with E-state index in [9.17, 15) is 0 Å². The summed E-state index contributed by atoms with van der Waals surface area (Å²) < 4.78 is 6.98. The quantitative estimate of drug-likeness (QED) is 0.830. The van der Waals surface area contributed by atoms with Crippen molar-refractivity contribution < 1.29 is 4.74 Å². The third-order valence-electron chi connectivity index (χ3n) is 2.84. The summed E-state index contributed by atoms with van der Waals surface area (Å²) in [4.78, 5) is 0. The molecule has 1 heterocycles. The molecule has 0 radical (unpaired) electrons. The van der Waals surface area contributed by atoms with E-state index in [1.807, 2.05) is 24.5 Å². The molecule has 0 unspecified atom stereocenters. The van der Waals surface area contributed by atoms with Gasteiger partial charge in [0.2, 0.25) is 0 Å². The lowest BCUT2D eigenvalue weighted by Gasteiger charge is -2.06. The third kappa shape index (κ3) is 2.21. The zero-order valence-electron chi connectivity index (χ0n) is 10.7. The Hall–Kier alpha value is -2.28. The SMILES string of the molecule is COc1cc(-n2cc(C(C)C)cn2)ccc1C#N. The second-order valence-corrected chi connectivity index (χ2v) is 4.37. The number of methoxy groups -OCH3 is 1. The van der Waals surface area contributed by atoms with E-state index in [2.05, 4.69) is 25.0 Å². The van der Waals surface area contributed by atoms with Crippen molar-refractivity contribution in [2.45, 2.75) is 19.8 Å². The van der Waals surface area contributed by atoms with Gasteiger partial charge in [0.15, 0.2) is 0 Å². The fourth-order valence-electron chi connectivity index (χ4n) is 1.69. The lowest BCUT2D eigenvalue weighted by Crippen LogP contribution is -1.96. The first-order chi connectivity index (χ1) is 8.65. The van der Waals surface area contributed by atoms with Crippen LogP contribution in [0.4, 0.5) is 0 Å². The molecule has 2 rings (SSSR count). The highest BCUT2D eigenvalue weighted by Crippen LogP contribution is 2.22. The van der Waals surface area contributed by atoms with Gasteiger partial charge in [0.1, 0.15) is 11.8 Å². The topological polar surface area (TPSA) is 50.8 Å². The van der Waals surface area contributed by atoms with E-state index < -0.39 is 0 Å².